The fourth-order valence-electron chi connectivity index (χ4n) is 2.85. The molecular formula is C18H26N4O2S. The normalized spacial score (nSPS) is 17.9. The Morgan fingerprint density at radius 3 is 2.48 bits per heavy atom. The number of ether oxygens (including phenoxy) is 1. The van der Waals surface area contributed by atoms with Gasteiger partial charge in [0.2, 0.25) is 5.91 Å². The number of amides is 1. The van der Waals surface area contributed by atoms with Gasteiger partial charge in [0, 0.05) is 38.8 Å². The maximum absolute atomic E-state index is 11.9. The number of methoxy groups -OCH3 is 1. The van der Waals surface area contributed by atoms with Crippen molar-refractivity contribution in [1.82, 2.24) is 20.4 Å². The second kappa shape index (κ2) is 8.49. The average molecular weight is 362 g/mol. The Labute approximate surface area is 154 Å². The van der Waals surface area contributed by atoms with Crippen LogP contribution in [0.4, 0.5) is 0 Å². The molecule has 6 nitrogen and oxygen atoms in total. The van der Waals surface area contributed by atoms with Gasteiger partial charge in [0.05, 0.1) is 13.7 Å². The number of carbonyl (C=O) groups is 1. The van der Waals surface area contributed by atoms with Gasteiger partial charge in [-0.2, -0.15) is 0 Å². The van der Waals surface area contributed by atoms with Crippen molar-refractivity contribution < 1.29 is 9.53 Å². The third-order valence-electron chi connectivity index (χ3n) is 4.57. The highest BCUT2D eigenvalue weighted by molar-refractivity contribution is 7.80. The number of thiocarbonyl (C=S) groups is 1. The number of nitrogens with zero attached hydrogens (tertiary/aromatic N) is 2. The minimum Gasteiger partial charge on any atom is -0.497 e. The van der Waals surface area contributed by atoms with Gasteiger partial charge < -0.3 is 20.3 Å². The molecule has 0 bridgehead atoms. The largest absolute Gasteiger partial charge is 0.497 e. The molecule has 136 valence electrons. The molecule has 1 heterocycles. The van der Waals surface area contributed by atoms with E-state index in [4.69, 9.17) is 17.0 Å². The third-order valence-corrected chi connectivity index (χ3v) is 4.97. The van der Waals surface area contributed by atoms with Crippen molar-refractivity contribution in [2.45, 2.75) is 25.4 Å². The molecule has 2 N–H and O–H groups in total. The monoisotopic (exact) mass is 362 g/mol. The number of hydrogen-bond acceptors (Lipinski definition) is 4. The van der Waals surface area contributed by atoms with Crippen molar-refractivity contribution in [1.29, 1.82) is 0 Å². The molecule has 0 unspecified atom stereocenters. The van der Waals surface area contributed by atoms with Gasteiger partial charge >= 0.3 is 0 Å². The molecule has 1 aromatic carbocycles. The average Bonchev–Trinajstić information content (AvgIpc) is 3.44. The van der Waals surface area contributed by atoms with Crippen LogP contribution in [0.15, 0.2) is 24.3 Å². The summed E-state index contributed by atoms with van der Waals surface area (Å²) in [4.78, 5) is 16.2. The Hall–Kier alpha value is -1.86. The van der Waals surface area contributed by atoms with E-state index in [9.17, 15) is 4.79 Å². The maximum atomic E-state index is 11.9. The van der Waals surface area contributed by atoms with Crippen LogP contribution in [0, 0.1) is 0 Å². The van der Waals surface area contributed by atoms with Gasteiger partial charge in [0.25, 0.3) is 0 Å². The molecule has 25 heavy (non-hydrogen) atoms. The second-order valence-electron chi connectivity index (χ2n) is 6.61. The van der Waals surface area contributed by atoms with Crippen molar-refractivity contribution >= 4 is 23.2 Å². The minimum atomic E-state index is 0.149. The molecule has 3 rings (SSSR count). The lowest BCUT2D eigenvalue weighted by Crippen LogP contribution is -2.53. The summed E-state index contributed by atoms with van der Waals surface area (Å²) in [6.07, 6.45) is 2.27. The van der Waals surface area contributed by atoms with Gasteiger partial charge in [0.15, 0.2) is 5.11 Å². The molecule has 0 radical (unpaired) electrons. The summed E-state index contributed by atoms with van der Waals surface area (Å²) >= 11 is 5.51. The molecule has 2 aliphatic rings. The lowest BCUT2D eigenvalue weighted by Gasteiger charge is -2.35. The number of carbonyl (C=O) groups excluding carboxylic acids is 1. The fourth-order valence-corrected chi connectivity index (χ4v) is 3.10. The number of benzene rings is 1. The van der Waals surface area contributed by atoms with Crippen LogP contribution in [0.2, 0.25) is 0 Å². The number of rotatable bonds is 6. The van der Waals surface area contributed by atoms with Crippen molar-refractivity contribution in [3.63, 3.8) is 0 Å². The summed E-state index contributed by atoms with van der Waals surface area (Å²) < 4.78 is 5.16. The zero-order valence-electron chi connectivity index (χ0n) is 14.7. The van der Waals surface area contributed by atoms with Gasteiger partial charge in [-0.15, -0.1) is 0 Å². The topological polar surface area (TPSA) is 56.8 Å². The van der Waals surface area contributed by atoms with Gasteiger partial charge in [-0.1, -0.05) is 12.1 Å². The SMILES string of the molecule is COc1ccc(CNC(=S)N2CCN(CC(=O)NC3CC3)CC2)cc1. The molecule has 1 amide bonds. The summed E-state index contributed by atoms with van der Waals surface area (Å²) in [6, 6.07) is 8.40. The molecule has 2 fully saturated rings. The smallest absolute Gasteiger partial charge is 0.234 e. The van der Waals surface area contributed by atoms with E-state index in [1.54, 1.807) is 7.11 Å². The van der Waals surface area contributed by atoms with E-state index >= 15 is 0 Å². The fraction of sp³-hybridized carbons (Fsp3) is 0.556. The first kappa shape index (κ1) is 17.9. The Balaban J connectivity index is 1.36. The molecule has 1 aromatic rings. The van der Waals surface area contributed by atoms with E-state index in [1.807, 2.05) is 24.3 Å². The van der Waals surface area contributed by atoms with E-state index in [-0.39, 0.29) is 5.91 Å². The van der Waals surface area contributed by atoms with Gasteiger partial charge in [-0.3, -0.25) is 9.69 Å². The van der Waals surface area contributed by atoms with Crippen molar-refractivity contribution in [2.75, 3.05) is 39.8 Å². The molecule has 0 aromatic heterocycles. The van der Waals surface area contributed by atoms with Crippen LogP contribution in [0.3, 0.4) is 0 Å². The van der Waals surface area contributed by atoms with Gasteiger partial charge in [-0.05, 0) is 42.8 Å². The van der Waals surface area contributed by atoms with E-state index in [0.29, 0.717) is 19.1 Å². The van der Waals surface area contributed by atoms with Crippen molar-refractivity contribution in [3.05, 3.63) is 29.8 Å². The molecule has 1 aliphatic heterocycles. The van der Waals surface area contributed by atoms with E-state index in [0.717, 1.165) is 49.9 Å². The quantitative estimate of drug-likeness (QED) is 0.736. The number of piperazine rings is 1. The van der Waals surface area contributed by atoms with Crippen LogP contribution in [-0.2, 0) is 11.3 Å². The lowest BCUT2D eigenvalue weighted by atomic mass is 10.2. The number of hydrogen-bond donors (Lipinski definition) is 2. The minimum absolute atomic E-state index is 0.149. The highest BCUT2D eigenvalue weighted by Gasteiger charge is 2.25. The van der Waals surface area contributed by atoms with Gasteiger partial charge in [0.1, 0.15) is 5.75 Å². The second-order valence-corrected chi connectivity index (χ2v) is 7.00. The third kappa shape index (κ3) is 5.57. The van der Waals surface area contributed by atoms with Crippen LogP contribution in [-0.4, -0.2) is 66.7 Å². The van der Waals surface area contributed by atoms with Crippen molar-refractivity contribution in [3.8, 4) is 5.75 Å². The highest BCUT2D eigenvalue weighted by atomic mass is 32.1. The van der Waals surface area contributed by atoms with Gasteiger partial charge in [-0.25, -0.2) is 0 Å². The van der Waals surface area contributed by atoms with E-state index < -0.39 is 0 Å². The Bertz CT molecular complexity index is 596. The highest BCUT2D eigenvalue weighted by Crippen LogP contribution is 2.18. The summed E-state index contributed by atoms with van der Waals surface area (Å²) in [6.45, 7) is 4.63. The summed E-state index contributed by atoms with van der Waals surface area (Å²) in [7, 11) is 1.66. The maximum Gasteiger partial charge on any atom is 0.234 e. The lowest BCUT2D eigenvalue weighted by molar-refractivity contribution is -0.122. The predicted octanol–water partition coefficient (Wildman–Crippen LogP) is 0.966. The Morgan fingerprint density at radius 2 is 1.88 bits per heavy atom. The molecule has 1 saturated carbocycles. The van der Waals surface area contributed by atoms with E-state index in [2.05, 4.69) is 20.4 Å². The standard InChI is InChI=1S/C18H26N4O2S/c1-24-16-6-2-14(3-7-16)12-19-18(25)22-10-8-21(9-11-22)13-17(23)20-15-4-5-15/h2-3,6-7,15H,4-5,8-13H2,1H3,(H,19,25)(H,20,23). The summed E-state index contributed by atoms with van der Waals surface area (Å²) in [5.74, 6) is 1.00. The molecule has 0 atom stereocenters. The zero-order valence-corrected chi connectivity index (χ0v) is 15.5. The molecule has 0 spiro atoms. The zero-order chi connectivity index (χ0) is 17.6. The predicted molar refractivity (Wildman–Crippen MR) is 102 cm³/mol. The molecule has 7 heteroatoms. The molecule has 1 aliphatic carbocycles. The number of nitrogens with one attached hydrogen (secondary N) is 2. The summed E-state index contributed by atoms with van der Waals surface area (Å²) in [5.41, 5.74) is 1.17. The first-order valence-corrected chi connectivity index (χ1v) is 9.22. The van der Waals surface area contributed by atoms with Crippen LogP contribution in [0.1, 0.15) is 18.4 Å². The van der Waals surface area contributed by atoms with Crippen molar-refractivity contribution in [2.24, 2.45) is 0 Å². The first-order chi connectivity index (χ1) is 12.1. The molecule has 1 saturated heterocycles. The molecular weight excluding hydrogens is 336 g/mol. The Morgan fingerprint density at radius 1 is 1.20 bits per heavy atom. The van der Waals surface area contributed by atoms with Crippen LogP contribution >= 0.6 is 12.2 Å². The van der Waals surface area contributed by atoms with Crippen LogP contribution in [0.5, 0.6) is 5.75 Å². The Kier molecular flexibility index (Phi) is 6.09. The van der Waals surface area contributed by atoms with Crippen LogP contribution in [0.25, 0.3) is 0 Å². The summed E-state index contributed by atoms with van der Waals surface area (Å²) in [5, 5.41) is 7.13. The van der Waals surface area contributed by atoms with Crippen LogP contribution < -0.4 is 15.4 Å². The van der Waals surface area contributed by atoms with E-state index in [1.165, 1.54) is 5.56 Å². The first-order valence-electron chi connectivity index (χ1n) is 8.81.